The Morgan fingerprint density at radius 2 is 1.96 bits per heavy atom. The highest BCUT2D eigenvalue weighted by atomic mass is 32.1. The van der Waals surface area contributed by atoms with Gasteiger partial charge in [0.1, 0.15) is 0 Å². The highest BCUT2D eigenvalue weighted by Crippen LogP contribution is 2.17. The first kappa shape index (κ1) is 17.5. The van der Waals surface area contributed by atoms with Gasteiger partial charge in [0.25, 0.3) is 5.91 Å². The number of carbonyl (C=O) groups is 2. The van der Waals surface area contributed by atoms with E-state index in [1.165, 1.54) is 17.6 Å². The van der Waals surface area contributed by atoms with E-state index in [1.807, 2.05) is 19.9 Å². The number of aromatic nitrogens is 3. The molecule has 0 bridgehead atoms. The number of carbonyl (C=O) groups excluding carboxylic acids is 2. The van der Waals surface area contributed by atoms with Gasteiger partial charge in [-0.3, -0.25) is 25.8 Å². The van der Waals surface area contributed by atoms with E-state index >= 15 is 0 Å². The Hall–Kier alpha value is -3.27. The van der Waals surface area contributed by atoms with Crippen LogP contribution in [-0.4, -0.2) is 26.8 Å². The number of anilines is 2. The summed E-state index contributed by atoms with van der Waals surface area (Å²) >= 11 is 1.23. The summed E-state index contributed by atoms with van der Waals surface area (Å²) in [6.45, 7) is 3.69. The molecule has 3 rings (SSSR count). The molecular weight excluding hydrogens is 356 g/mol. The van der Waals surface area contributed by atoms with Gasteiger partial charge in [0.05, 0.1) is 18.4 Å². The Balaban J connectivity index is 1.52. The Bertz CT molecular complexity index is 902. The van der Waals surface area contributed by atoms with Crippen molar-refractivity contribution in [2.45, 2.75) is 20.3 Å². The predicted molar refractivity (Wildman–Crippen MR) is 95.8 cm³/mol. The molecule has 0 aliphatic carbocycles. The summed E-state index contributed by atoms with van der Waals surface area (Å²) in [5.74, 6) is -0.186. The third kappa shape index (κ3) is 4.63. The number of nitrogens with zero attached hydrogens (tertiary/aromatic N) is 3. The fourth-order valence-electron chi connectivity index (χ4n) is 2.13. The van der Waals surface area contributed by atoms with Crippen LogP contribution in [0.4, 0.5) is 11.1 Å². The number of amides is 2. The first-order valence-corrected chi connectivity index (χ1v) is 8.54. The van der Waals surface area contributed by atoms with Gasteiger partial charge in [-0.25, -0.2) is 15.0 Å². The first-order valence-electron chi connectivity index (χ1n) is 7.66. The zero-order valence-corrected chi connectivity index (χ0v) is 14.9. The lowest BCUT2D eigenvalue weighted by Gasteiger charge is -2.07. The van der Waals surface area contributed by atoms with Crippen LogP contribution in [0.2, 0.25) is 0 Å². The van der Waals surface area contributed by atoms with E-state index in [1.54, 1.807) is 17.5 Å². The van der Waals surface area contributed by atoms with Gasteiger partial charge >= 0.3 is 0 Å². The molecule has 9 nitrogen and oxygen atoms in total. The second-order valence-electron chi connectivity index (χ2n) is 5.40. The predicted octanol–water partition coefficient (Wildman–Crippen LogP) is 2.08. The zero-order valence-electron chi connectivity index (χ0n) is 14.1. The molecule has 0 atom stereocenters. The molecule has 0 aliphatic heterocycles. The van der Waals surface area contributed by atoms with Crippen molar-refractivity contribution in [3.63, 3.8) is 0 Å². The third-order valence-corrected chi connectivity index (χ3v) is 3.96. The maximum atomic E-state index is 12.0. The molecule has 0 saturated carbocycles. The molecule has 3 N–H and O–H groups in total. The molecule has 3 heterocycles. The lowest BCUT2D eigenvalue weighted by Crippen LogP contribution is -2.31. The standard InChI is InChI=1S/C16H16N6O3S/c1-9-6-10(2)18-15(17-9)22-21-13(23)7-11-8-26-16(19-11)20-14(24)12-4-3-5-25-12/h3-6,8H,7H2,1-2H3,(H,21,23)(H,17,18,22)(H,19,20,24). The van der Waals surface area contributed by atoms with E-state index < -0.39 is 5.91 Å². The van der Waals surface area contributed by atoms with Crippen LogP contribution in [0.5, 0.6) is 0 Å². The number of hydrazine groups is 1. The maximum Gasteiger partial charge on any atom is 0.293 e. The largest absolute Gasteiger partial charge is 0.459 e. The SMILES string of the molecule is Cc1cc(C)nc(NNC(=O)Cc2csc(NC(=O)c3ccco3)n2)n1. The molecule has 0 fully saturated rings. The van der Waals surface area contributed by atoms with Gasteiger partial charge in [0, 0.05) is 16.8 Å². The van der Waals surface area contributed by atoms with Crippen molar-refractivity contribution in [2.24, 2.45) is 0 Å². The van der Waals surface area contributed by atoms with Crippen LogP contribution in [0, 0.1) is 13.8 Å². The van der Waals surface area contributed by atoms with E-state index in [2.05, 4.69) is 31.1 Å². The van der Waals surface area contributed by atoms with Crippen molar-refractivity contribution in [2.75, 3.05) is 10.7 Å². The summed E-state index contributed by atoms with van der Waals surface area (Å²) in [4.78, 5) is 36.4. The number of hydrogen-bond donors (Lipinski definition) is 3. The van der Waals surface area contributed by atoms with E-state index in [0.717, 1.165) is 11.4 Å². The summed E-state index contributed by atoms with van der Waals surface area (Å²) in [5, 5.41) is 4.70. The smallest absolute Gasteiger partial charge is 0.293 e. The summed E-state index contributed by atoms with van der Waals surface area (Å²) < 4.78 is 5.01. The van der Waals surface area contributed by atoms with Crippen molar-refractivity contribution < 1.29 is 14.0 Å². The Morgan fingerprint density at radius 1 is 1.19 bits per heavy atom. The molecule has 0 radical (unpaired) electrons. The molecule has 0 saturated heterocycles. The molecule has 0 aliphatic rings. The number of aryl methyl sites for hydroxylation is 2. The highest BCUT2D eigenvalue weighted by molar-refractivity contribution is 7.14. The van der Waals surface area contributed by atoms with Gasteiger partial charge in [-0.15, -0.1) is 11.3 Å². The van der Waals surface area contributed by atoms with Crippen molar-refractivity contribution in [3.05, 3.63) is 52.7 Å². The minimum Gasteiger partial charge on any atom is -0.459 e. The van der Waals surface area contributed by atoms with Crippen LogP contribution in [0.3, 0.4) is 0 Å². The number of furan rings is 1. The number of rotatable bonds is 6. The van der Waals surface area contributed by atoms with Gasteiger partial charge in [-0.1, -0.05) is 0 Å². The van der Waals surface area contributed by atoms with Crippen LogP contribution in [0.15, 0.2) is 34.3 Å². The van der Waals surface area contributed by atoms with Crippen molar-refractivity contribution in [1.29, 1.82) is 0 Å². The van der Waals surface area contributed by atoms with E-state index in [-0.39, 0.29) is 18.1 Å². The van der Waals surface area contributed by atoms with Crippen LogP contribution < -0.4 is 16.2 Å². The molecule has 0 spiro atoms. The molecular formula is C16H16N6O3S. The normalized spacial score (nSPS) is 10.4. The quantitative estimate of drug-likeness (QED) is 0.566. The summed E-state index contributed by atoms with van der Waals surface area (Å²) in [6, 6.07) is 5.01. The summed E-state index contributed by atoms with van der Waals surface area (Å²) in [5.41, 5.74) is 7.32. The second kappa shape index (κ2) is 7.74. The van der Waals surface area contributed by atoms with E-state index in [4.69, 9.17) is 4.42 Å². The first-order chi connectivity index (χ1) is 12.5. The van der Waals surface area contributed by atoms with E-state index in [9.17, 15) is 9.59 Å². The van der Waals surface area contributed by atoms with Crippen molar-refractivity contribution >= 4 is 34.2 Å². The number of nitrogens with one attached hydrogen (secondary N) is 3. The monoisotopic (exact) mass is 372 g/mol. The van der Waals surface area contributed by atoms with Gasteiger partial charge in [0.15, 0.2) is 10.9 Å². The minimum atomic E-state index is -0.394. The van der Waals surface area contributed by atoms with Crippen LogP contribution in [-0.2, 0) is 11.2 Å². The Kier molecular flexibility index (Phi) is 5.23. The number of hydrogen-bond acceptors (Lipinski definition) is 8. The van der Waals surface area contributed by atoms with Crippen molar-refractivity contribution in [1.82, 2.24) is 20.4 Å². The molecule has 3 aromatic heterocycles. The molecule has 2 amide bonds. The summed E-state index contributed by atoms with van der Waals surface area (Å²) in [7, 11) is 0. The van der Waals surface area contributed by atoms with Crippen LogP contribution in [0.1, 0.15) is 27.6 Å². The summed E-state index contributed by atoms with van der Waals surface area (Å²) in [6.07, 6.45) is 1.46. The number of thiazole rings is 1. The molecule has 134 valence electrons. The lowest BCUT2D eigenvalue weighted by atomic mass is 10.3. The molecule has 10 heteroatoms. The van der Waals surface area contributed by atoms with Gasteiger partial charge in [0.2, 0.25) is 11.9 Å². The average Bonchev–Trinajstić information content (AvgIpc) is 3.24. The third-order valence-electron chi connectivity index (χ3n) is 3.15. The molecule has 0 aromatic carbocycles. The molecule has 26 heavy (non-hydrogen) atoms. The highest BCUT2D eigenvalue weighted by Gasteiger charge is 2.13. The van der Waals surface area contributed by atoms with Gasteiger partial charge in [-0.05, 0) is 32.0 Å². The van der Waals surface area contributed by atoms with E-state index in [0.29, 0.717) is 16.8 Å². The molecule has 0 unspecified atom stereocenters. The fraction of sp³-hybridized carbons (Fsp3) is 0.188. The zero-order chi connectivity index (χ0) is 18.5. The molecule has 3 aromatic rings. The second-order valence-corrected chi connectivity index (χ2v) is 6.26. The van der Waals surface area contributed by atoms with Gasteiger partial charge in [-0.2, -0.15) is 0 Å². The fourth-order valence-corrected chi connectivity index (χ4v) is 2.83. The van der Waals surface area contributed by atoms with Gasteiger partial charge < -0.3 is 4.42 Å². The lowest BCUT2D eigenvalue weighted by molar-refractivity contribution is -0.120. The average molecular weight is 372 g/mol. The van der Waals surface area contributed by atoms with Crippen molar-refractivity contribution in [3.8, 4) is 0 Å². The Labute approximate surface area is 152 Å². The maximum absolute atomic E-state index is 12.0. The Morgan fingerprint density at radius 3 is 2.65 bits per heavy atom. The van der Waals surface area contributed by atoms with Crippen LogP contribution in [0.25, 0.3) is 0 Å². The topological polar surface area (TPSA) is 122 Å². The minimum absolute atomic E-state index is 0.0465. The van der Waals surface area contributed by atoms with Crippen LogP contribution >= 0.6 is 11.3 Å².